The molecule has 0 bridgehead atoms. The summed E-state index contributed by atoms with van der Waals surface area (Å²) in [6, 6.07) is 4.94. The molecule has 1 aliphatic rings. The van der Waals surface area contributed by atoms with Crippen molar-refractivity contribution in [3.05, 3.63) is 53.3 Å². The van der Waals surface area contributed by atoms with E-state index in [9.17, 15) is 22.8 Å². The quantitative estimate of drug-likeness (QED) is 0.765. The second-order valence-corrected chi connectivity index (χ2v) is 7.42. The van der Waals surface area contributed by atoms with Gasteiger partial charge in [0.25, 0.3) is 0 Å². The highest BCUT2D eigenvalue weighted by Crippen LogP contribution is 2.30. The first-order valence-corrected chi connectivity index (χ1v) is 9.30. The average molecular weight is 408 g/mol. The molecule has 1 aromatic heterocycles. The Morgan fingerprint density at radius 2 is 2.07 bits per heavy atom. The minimum Gasteiger partial charge on any atom is -0.341 e. The van der Waals surface area contributed by atoms with Crippen LogP contribution in [0.4, 0.5) is 13.2 Å². The summed E-state index contributed by atoms with van der Waals surface area (Å²) in [5.74, 6) is -0.614. The van der Waals surface area contributed by atoms with Gasteiger partial charge in [-0.15, -0.1) is 0 Å². The Balaban J connectivity index is 1.65. The zero-order valence-corrected chi connectivity index (χ0v) is 16.3. The Morgan fingerprint density at radius 3 is 2.72 bits per heavy atom. The Labute approximate surface area is 166 Å². The Morgan fingerprint density at radius 1 is 1.31 bits per heavy atom. The maximum Gasteiger partial charge on any atom is 0.416 e. The Kier molecular flexibility index (Phi) is 5.95. The first-order chi connectivity index (χ1) is 13.6. The lowest BCUT2D eigenvalue weighted by Crippen LogP contribution is -2.45. The summed E-state index contributed by atoms with van der Waals surface area (Å²) in [6.45, 7) is 0.662. The van der Waals surface area contributed by atoms with E-state index in [4.69, 9.17) is 0 Å². The summed E-state index contributed by atoms with van der Waals surface area (Å²) in [6.07, 6.45) is -0.276. The van der Waals surface area contributed by atoms with E-state index in [0.717, 1.165) is 17.7 Å². The number of piperidine rings is 1. The molecule has 156 valence electrons. The van der Waals surface area contributed by atoms with Crippen LogP contribution in [0, 0.1) is 5.92 Å². The summed E-state index contributed by atoms with van der Waals surface area (Å²) in [5.41, 5.74) is 0.546. The van der Waals surface area contributed by atoms with Gasteiger partial charge in [-0.1, -0.05) is 12.1 Å². The molecule has 0 spiro atoms. The molecule has 1 atom stereocenters. The van der Waals surface area contributed by atoms with Crippen LogP contribution in [0.3, 0.4) is 0 Å². The molecule has 6 nitrogen and oxygen atoms in total. The van der Waals surface area contributed by atoms with Gasteiger partial charge in [-0.25, -0.2) is 0 Å². The second kappa shape index (κ2) is 8.26. The maximum atomic E-state index is 12.9. The number of hydrogen-bond donors (Lipinski definition) is 0. The van der Waals surface area contributed by atoms with E-state index in [2.05, 4.69) is 5.10 Å². The highest BCUT2D eigenvalue weighted by Gasteiger charge is 2.33. The maximum absolute atomic E-state index is 12.9. The van der Waals surface area contributed by atoms with Crippen molar-refractivity contribution in [3.8, 4) is 0 Å². The molecule has 2 heterocycles. The van der Waals surface area contributed by atoms with Crippen LogP contribution in [0.2, 0.25) is 0 Å². The van der Waals surface area contributed by atoms with Crippen LogP contribution < -0.4 is 0 Å². The van der Waals surface area contributed by atoms with E-state index in [1.165, 1.54) is 11.0 Å². The van der Waals surface area contributed by atoms with Crippen molar-refractivity contribution in [1.82, 2.24) is 19.6 Å². The molecule has 2 aromatic rings. The molecule has 0 saturated carbocycles. The topological polar surface area (TPSA) is 58.4 Å². The summed E-state index contributed by atoms with van der Waals surface area (Å²) in [4.78, 5) is 28.2. The van der Waals surface area contributed by atoms with Crippen molar-refractivity contribution < 1.29 is 22.8 Å². The zero-order chi connectivity index (χ0) is 21.2. The fourth-order valence-electron chi connectivity index (χ4n) is 3.55. The average Bonchev–Trinajstić information content (AvgIpc) is 3.07. The largest absolute Gasteiger partial charge is 0.416 e. The number of halogens is 3. The van der Waals surface area contributed by atoms with Crippen LogP contribution in [-0.2, 0) is 35.9 Å². The fourth-order valence-corrected chi connectivity index (χ4v) is 3.55. The van der Waals surface area contributed by atoms with E-state index in [-0.39, 0.29) is 37.2 Å². The molecular formula is C20H23F3N4O2. The van der Waals surface area contributed by atoms with Gasteiger partial charge in [0, 0.05) is 51.9 Å². The number of rotatable bonds is 5. The van der Waals surface area contributed by atoms with Crippen LogP contribution in [0.25, 0.3) is 0 Å². The number of aryl methyl sites for hydroxylation is 1. The molecule has 29 heavy (non-hydrogen) atoms. The number of nitrogens with zero attached hydrogens (tertiary/aromatic N) is 4. The van der Waals surface area contributed by atoms with Crippen molar-refractivity contribution in [1.29, 1.82) is 0 Å². The van der Waals surface area contributed by atoms with Crippen LogP contribution in [0.1, 0.15) is 29.5 Å². The lowest BCUT2D eigenvalue weighted by Gasteiger charge is -2.34. The predicted molar refractivity (Wildman–Crippen MR) is 99.3 cm³/mol. The normalized spacial score (nSPS) is 17.5. The number of alkyl halides is 3. The van der Waals surface area contributed by atoms with Gasteiger partial charge in [0.2, 0.25) is 11.8 Å². The van der Waals surface area contributed by atoms with Gasteiger partial charge < -0.3 is 9.80 Å². The SMILES string of the molecule is CN(Cc1cnn(C)c1)C(=O)[C@@H]1CCC(=O)N(Cc2cccc(C(F)(F)F)c2)C1. The summed E-state index contributed by atoms with van der Waals surface area (Å²) in [7, 11) is 3.49. The highest BCUT2D eigenvalue weighted by molar-refractivity contribution is 5.83. The van der Waals surface area contributed by atoms with Gasteiger partial charge in [-0.05, 0) is 24.1 Å². The molecule has 0 unspecified atom stereocenters. The molecule has 1 fully saturated rings. The van der Waals surface area contributed by atoms with Gasteiger partial charge in [-0.3, -0.25) is 14.3 Å². The number of hydrogen-bond acceptors (Lipinski definition) is 3. The third kappa shape index (κ3) is 5.16. The molecule has 0 aliphatic carbocycles. The lowest BCUT2D eigenvalue weighted by atomic mass is 9.95. The van der Waals surface area contributed by atoms with Crippen molar-refractivity contribution in [2.24, 2.45) is 13.0 Å². The van der Waals surface area contributed by atoms with Crippen molar-refractivity contribution in [3.63, 3.8) is 0 Å². The minimum atomic E-state index is -4.44. The second-order valence-electron chi connectivity index (χ2n) is 7.42. The van der Waals surface area contributed by atoms with E-state index in [0.29, 0.717) is 18.5 Å². The van der Waals surface area contributed by atoms with Crippen molar-refractivity contribution >= 4 is 11.8 Å². The molecule has 1 saturated heterocycles. The molecule has 1 aromatic carbocycles. The van der Waals surface area contributed by atoms with Gasteiger partial charge in [0.15, 0.2) is 0 Å². The van der Waals surface area contributed by atoms with Gasteiger partial charge in [0.1, 0.15) is 0 Å². The Bertz CT molecular complexity index is 894. The smallest absolute Gasteiger partial charge is 0.341 e. The lowest BCUT2D eigenvalue weighted by molar-refractivity contribution is -0.143. The van der Waals surface area contributed by atoms with Crippen LogP contribution in [-0.4, -0.2) is 45.0 Å². The molecule has 3 rings (SSSR count). The number of carbonyl (C=O) groups is 2. The van der Waals surface area contributed by atoms with Gasteiger partial charge in [-0.2, -0.15) is 18.3 Å². The van der Waals surface area contributed by atoms with Gasteiger partial charge >= 0.3 is 6.18 Å². The number of benzene rings is 1. The first kappa shape index (κ1) is 20.9. The Hall–Kier alpha value is -2.84. The predicted octanol–water partition coefficient (Wildman–Crippen LogP) is 2.84. The van der Waals surface area contributed by atoms with E-state index in [1.807, 2.05) is 6.20 Å². The van der Waals surface area contributed by atoms with E-state index >= 15 is 0 Å². The van der Waals surface area contributed by atoms with Crippen LogP contribution >= 0.6 is 0 Å². The number of amides is 2. The summed E-state index contributed by atoms with van der Waals surface area (Å²) < 4.78 is 40.4. The minimum absolute atomic E-state index is 0.0544. The monoisotopic (exact) mass is 408 g/mol. The van der Waals surface area contributed by atoms with Crippen LogP contribution in [0.15, 0.2) is 36.7 Å². The molecule has 1 aliphatic heterocycles. The third-order valence-electron chi connectivity index (χ3n) is 5.03. The first-order valence-electron chi connectivity index (χ1n) is 9.30. The van der Waals surface area contributed by atoms with E-state index < -0.39 is 11.7 Å². The molecule has 9 heteroatoms. The number of likely N-dealkylation sites (tertiary alicyclic amines) is 1. The standard InChI is InChI=1S/C20H23F3N4O2/c1-25(10-15-9-24-26(2)11-15)19(29)16-6-7-18(28)27(13-16)12-14-4-3-5-17(8-14)20(21,22)23/h3-5,8-9,11,16H,6-7,10,12-13H2,1-2H3/t16-/m1/s1. The highest BCUT2D eigenvalue weighted by atomic mass is 19.4. The van der Waals surface area contributed by atoms with E-state index in [1.54, 1.807) is 35.9 Å². The van der Waals surface area contributed by atoms with Crippen molar-refractivity contribution in [2.75, 3.05) is 13.6 Å². The van der Waals surface area contributed by atoms with Crippen LogP contribution in [0.5, 0.6) is 0 Å². The van der Waals surface area contributed by atoms with Crippen molar-refractivity contribution in [2.45, 2.75) is 32.1 Å². The number of carbonyl (C=O) groups excluding carboxylic acids is 2. The summed E-state index contributed by atoms with van der Waals surface area (Å²) in [5, 5.41) is 4.08. The van der Waals surface area contributed by atoms with Gasteiger partial charge in [0.05, 0.1) is 17.7 Å². The molecule has 2 amide bonds. The molecule has 0 N–H and O–H groups in total. The summed E-state index contributed by atoms with van der Waals surface area (Å²) >= 11 is 0. The fraction of sp³-hybridized carbons (Fsp3) is 0.450. The third-order valence-corrected chi connectivity index (χ3v) is 5.03. The molecule has 0 radical (unpaired) electrons. The molecular weight excluding hydrogens is 385 g/mol. The number of aromatic nitrogens is 2. The zero-order valence-electron chi connectivity index (χ0n) is 16.3.